The van der Waals surface area contributed by atoms with E-state index in [4.69, 9.17) is 4.55 Å². The van der Waals surface area contributed by atoms with Crippen LogP contribution in [0.3, 0.4) is 0 Å². The van der Waals surface area contributed by atoms with Crippen LogP contribution in [0.25, 0.3) is 10.9 Å². The summed E-state index contributed by atoms with van der Waals surface area (Å²) in [5, 5.41) is 1.20. The van der Waals surface area contributed by atoms with Gasteiger partial charge in [-0.3, -0.25) is 9.54 Å². The van der Waals surface area contributed by atoms with Gasteiger partial charge in [0.15, 0.2) is 0 Å². The number of benzene rings is 1. The van der Waals surface area contributed by atoms with Crippen LogP contribution >= 0.6 is 0 Å². The Morgan fingerprint density at radius 2 is 1.71 bits per heavy atom. The zero-order valence-electron chi connectivity index (χ0n) is 12.6. The highest BCUT2D eigenvalue weighted by molar-refractivity contribution is 7.85. The molecule has 2 aromatic rings. The molecule has 21 heavy (non-hydrogen) atoms. The number of aromatic nitrogens is 1. The van der Waals surface area contributed by atoms with Crippen LogP contribution in [-0.4, -0.2) is 30.8 Å². The molecule has 6 heteroatoms. The molecule has 0 fully saturated rings. The van der Waals surface area contributed by atoms with E-state index in [-0.39, 0.29) is 5.75 Å². The molecule has 0 unspecified atom stereocenters. The maximum Gasteiger partial charge on any atom is 0.264 e. The van der Waals surface area contributed by atoms with Gasteiger partial charge in [-0.1, -0.05) is 44.0 Å². The Labute approximate surface area is 127 Å². The average Bonchev–Trinajstić information content (AvgIpc) is 2.49. The second kappa shape index (κ2) is 11.2. The summed E-state index contributed by atoms with van der Waals surface area (Å²) in [4.78, 5) is 4.18. The highest BCUT2D eigenvalue weighted by atomic mass is 32.2. The first-order valence-corrected chi connectivity index (χ1v) is 8.46. The predicted molar refractivity (Wildman–Crippen MR) is 87.8 cm³/mol. The van der Waals surface area contributed by atoms with E-state index in [1.165, 1.54) is 12.4 Å². The Balaban J connectivity index is 0.000000344. The molecule has 0 aliphatic rings. The molecule has 1 aromatic heterocycles. The molecule has 5 nitrogen and oxygen atoms in total. The zero-order chi connectivity index (χ0) is 16.1. The average molecular weight is 312 g/mol. The van der Waals surface area contributed by atoms with Crippen molar-refractivity contribution in [2.45, 2.75) is 26.2 Å². The Hall–Kier alpha value is -1.50. The number of nitrogens with zero attached hydrogens (tertiary/aromatic N) is 1. The summed E-state index contributed by atoms with van der Waals surface area (Å²) < 4.78 is 28.3. The molecule has 0 saturated heterocycles. The Morgan fingerprint density at radius 1 is 1.10 bits per heavy atom. The largest absolute Gasteiger partial charge is 0.333 e. The second-order valence-corrected chi connectivity index (χ2v) is 5.76. The molecule has 0 atom stereocenters. The molecule has 2 rings (SSSR count). The summed E-state index contributed by atoms with van der Waals surface area (Å²) >= 11 is 0. The fraction of sp³-hybridized carbons (Fsp3) is 0.400. The van der Waals surface area contributed by atoms with Gasteiger partial charge in [0.25, 0.3) is 10.1 Å². The van der Waals surface area contributed by atoms with Crippen LogP contribution < -0.4 is 5.73 Å². The maximum atomic E-state index is 10.1. The van der Waals surface area contributed by atoms with Crippen LogP contribution in [0.1, 0.15) is 26.2 Å². The van der Waals surface area contributed by atoms with Crippen molar-refractivity contribution < 1.29 is 13.0 Å². The first-order chi connectivity index (χ1) is 10.0. The Morgan fingerprint density at radius 3 is 2.29 bits per heavy atom. The third kappa shape index (κ3) is 9.95. The van der Waals surface area contributed by atoms with Crippen LogP contribution in [0.4, 0.5) is 0 Å². The van der Waals surface area contributed by atoms with Crippen molar-refractivity contribution in [2.75, 3.05) is 12.8 Å². The molecule has 0 aliphatic carbocycles. The van der Waals surface area contributed by atoms with E-state index in [0.717, 1.165) is 18.4 Å². The Bertz CT molecular complexity index is 535. The van der Waals surface area contributed by atoms with Gasteiger partial charge in [0.05, 0.1) is 11.3 Å². The van der Waals surface area contributed by atoms with E-state index in [9.17, 15) is 8.42 Å². The lowest BCUT2D eigenvalue weighted by Gasteiger charge is -1.92. The van der Waals surface area contributed by atoms with Crippen molar-refractivity contribution in [3.8, 4) is 0 Å². The van der Waals surface area contributed by atoms with Crippen molar-refractivity contribution in [3.63, 3.8) is 0 Å². The number of fused-ring (bicyclic) bond motifs is 1. The first-order valence-electron chi connectivity index (χ1n) is 6.85. The van der Waals surface area contributed by atoms with Crippen LogP contribution in [0.15, 0.2) is 42.6 Å². The first kappa shape index (κ1) is 19.5. The van der Waals surface area contributed by atoms with E-state index in [1.807, 2.05) is 37.4 Å². The third-order valence-corrected chi connectivity index (χ3v) is 3.32. The van der Waals surface area contributed by atoms with Gasteiger partial charge >= 0.3 is 0 Å². The van der Waals surface area contributed by atoms with E-state index in [0.29, 0.717) is 6.42 Å². The standard InChI is InChI=1S/C9H7N.C5H12O3S.CH5N/c1-2-6-9-8(4-1)5-3-7-10-9;1-2-3-4-5-9(6,7)8;1-2/h1-7H;2-5H2,1H3,(H,6,7,8);2H2,1H3. The van der Waals surface area contributed by atoms with Gasteiger partial charge in [-0.05, 0) is 25.6 Å². The van der Waals surface area contributed by atoms with Crippen molar-refractivity contribution in [1.29, 1.82) is 0 Å². The third-order valence-electron chi connectivity index (χ3n) is 2.52. The zero-order valence-corrected chi connectivity index (χ0v) is 13.4. The minimum Gasteiger partial charge on any atom is -0.333 e. The SMILES string of the molecule is CCCCCS(=O)(=O)O.CN.c1ccc2ncccc2c1. The molecular weight excluding hydrogens is 288 g/mol. The highest BCUT2D eigenvalue weighted by Crippen LogP contribution is 2.07. The number of rotatable bonds is 4. The summed E-state index contributed by atoms with van der Waals surface area (Å²) in [5.74, 6) is -0.0964. The van der Waals surface area contributed by atoms with Crippen molar-refractivity contribution in [3.05, 3.63) is 42.6 Å². The van der Waals surface area contributed by atoms with E-state index in [2.05, 4.69) is 22.9 Å². The van der Waals surface area contributed by atoms with E-state index in [1.54, 1.807) is 0 Å². The van der Waals surface area contributed by atoms with Crippen LogP contribution in [0.5, 0.6) is 0 Å². The van der Waals surface area contributed by atoms with Gasteiger partial charge in [-0.15, -0.1) is 0 Å². The molecule has 0 aliphatic heterocycles. The smallest absolute Gasteiger partial charge is 0.264 e. The summed E-state index contributed by atoms with van der Waals surface area (Å²) in [5.41, 5.74) is 5.56. The molecule has 118 valence electrons. The summed E-state index contributed by atoms with van der Waals surface area (Å²) in [6, 6.07) is 12.1. The minimum atomic E-state index is -3.70. The molecule has 1 heterocycles. The van der Waals surface area contributed by atoms with Crippen molar-refractivity contribution in [2.24, 2.45) is 5.73 Å². The highest BCUT2D eigenvalue weighted by Gasteiger charge is 2.01. The quantitative estimate of drug-likeness (QED) is 0.669. The van der Waals surface area contributed by atoms with Gasteiger partial charge < -0.3 is 5.73 Å². The lowest BCUT2D eigenvalue weighted by atomic mass is 10.2. The second-order valence-electron chi connectivity index (χ2n) is 4.19. The fourth-order valence-corrected chi connectivity index (χ4v) is 2.12. The van der Waals surface area contributed by atoms with Gasteiger partial charge in [0.1, 0.15) is 0 Å². The van der Waals surface area contributed by atoms with E-state index < -0.39 is 10.1 Å². The van der Waals surface area contributed by atoms with Gasteiger partial charge in [0.2, 0.25) is 0 Å². The topological polar surface area (TPSA) is 93.3 Å². The molecule has 0 radical (unpaired) electrons. The molecule has 1 aromatic carbocycles. The molecule has 0 spiro atoms. The Kier molecular flexibility index (Phi) is 10.4. The number of pyridine rings is 1. The molecular formula is C15H24N2O3S. The number of hydrogen-bond acceptors (Lipinski definition) is 4. The van der Waals surface area contributed by atoms with Gasteiger partial charge in [-0.2, -0.15) is 8.42 Å². The number of hydrogen-bond donors (Lipinski definition) is 2. The molecule has 0 saturated carbocycles. The summed E-state index contributed by atoms with van der Waals surface area (Å²) in [6.07, 6.45) is 4.20. The van der Waals surface area contributed by atoms with Crippen LogP contribution in [0.2, 0.25) is 0 Å². The van der Waals surface area contributed by atoms with Crippen LogP contribution in [0, 0.1) is 0 Å². The molecule has 0 amide bonds. The van der Waals surface area contributed by atoms with Crippen LogP contribution in [-0.2, 0) is 10.1 Å². The minimum absolute atomic E-state index is 0.0964. The summed E-state index contributed by atoms with van der Waals surface area (Å²) in [7, 11) is -2.20. The summed E-state index contributed by atoms with van der Waals surface area (Å²) in [6.45, 7) is 1.98. The number of nitrogens with two attached hydrogens (primary N) is 1. The van der Waals surface area contributed by atoms with Crippen molar-refractivity contribution in [1.82, 2.24) is 4.98 Å². The van der Waals surface area contributed by atoms with Gasteiger partial charge in [0, 0.05) is 11.6 Å². The van der Waals surface area contributed by atoms with E-state index >= 15 is 0 Å². The van der Waals surface area contributed by atoms with Crippen molar-refractivity contribution >= 4 is 21.0 Å². The molecule has 0 bridgehead atoms. The van der Waals surface area contributed by atoms with Gasteiger partial charge in [-0.25, -0.2) is 0 Å². The molecule has 3 N–H and O–H groups in total. The monoisotopic (exact) mass is 312 g/mol. The fourth-order valence-electron chi connectivity index (χ4n) is 1.55. The predicted octanol–water partition coefficient (Wildman–Crippen LogP) is 2.87. The lowest BCUT2D eigenvalue weighted by molar-refractivity contribution is 0.480. The maximum absolute atomic E-state index is 10.1. The number of para-hydroxylation sites is 1. The normalized spacial score (nSPS) is 10.1. The lowest BCUT2D eigenvalue weighted by Crippen LogP contribution is -2.02. The number of unbranched alkanes of at least 4 members (excludes halogenated alkanes) is 2.